The maximum atomic E-state index is 13.3. The Morgan fingerprint density at radius 3 is 2.44 bits per heavy atom. The van der Waals surface area contributed by atoms with Gasteiger partial charge in [0.15, 0.2) is 11.3 Å². The summed E-state index contributed by atoms with van der Waals surface area (Å²) >= 11 is 1.56. The first-order valence-electron chi connectivity index (χ1n) is 10.0. The second-order valence-electron chi connectivity index (χ2n) is 7.53. The Kier molecular flexibility index (Phi) is 5.48. The van der Waals surface area contributed by atoms with Crippen LogP contribution in [0.15, 0.2) is 54.6 Å². The lowest BCUT2D eigenvalue weighted by Crippen LogP contribution is -2.13. The van der Waals surface area contributed by atoms with E-state index in [1.54, 1.807) is 35.6 Å². The van der Waals surface area contributed by atoms with Crippen LogP contribution < -0.4 is 5.32 Å². The fraction of sp³-hybridized carbons (Fsp3) is 0.130. The Morgan fingerprint density at radius 1 is 0.971 bits per heavy atom. The van der Waals surface area contributed by atoms with Crippen molar-refractivity contribution < 1.29 is 22.4 Å². The van der Waals surface area contributed by atoms with Crippen molar-refractivity contribution in [1.29, 1.82) is 0 Å². The predicted molar refractivity (Wildman–Crippen MR) is 121 cm³/mol. The molecule has 5 aromatic rings. The number of thiazole rings is 1. The van der Waals surface area contributed by atoms with Crippen LogP contribution in [0.4, 0.5) is 23.2 Å². The lowest BCUT2D eigenvalue weighted by Gasteiger charge is -2.06. The molecular formula is C23H15F4N5OS. The molecule has 0 radical (unpaired) electrons. The monoisotopic (exact) mass is 485 g/mol. The summed E-state index contributed by atoms with van der Waals surface area (Å²) < 4.78 is 54.4. The van der Waals surface area contributed by atoms with Crippen LogP contribution in [0.25, 0.3) is 26.4 Å². The largest absolute Gasteiger partial charge is 0.321 e. The van der Waals surface area contributed by atoms with Crippen molar-refractivity contribution in [3.8, 4) is 10.6 Å². The molecule has 34 heavy (non-hydrogen) atoms. The molecule has 0 bridgehead atoms. The van der Waals surface area contributed by atoms with Gasteiger partial charge in [0.1, 0.15) is 16.4 Å². The predicted octanol–water partition coefficient (Wildman–Crippen LogP) is 6.44. The van der Waals surface area contributed by atoms with Gasteiger partial charge in [-0.3, -0.25) is 4.79 Å². The molecule has 0 unspecified atom stereocenters. The van der Waals surface area contributed by atoms with Crippen molar-refractivity contribution in [3.63, 3.8) is 0 Å². The molecule has 11 heteroatoms. The number of benzene rings is 2. The van der Waals surface area contributed by atoms with Crippen LogP contribution in [0, 0.1) is 6.92 Å². The van der Waals surface area contributed by atoms with Gasteiger partial charge in [-0.05, 0) is 55.0 Å². The second-order valence-corrected chi connectivity index (χ2v) is 8.56. The average Bonchev–Trinajstić information content (AvgIpc) is 3.42. The molecule has 0 spiro atoms. The Bertz CT molecular complexity index is 1530. The van der Waals surface area contributed by atoms with E-state index in [4.69, 9.17) is 0 Å². The van der Waals surface area contributed by atoms with Crippen molar-refractivity contribution in [3.05, 3.63) is 77.2 Å². The molecule has 1 N–H and O–H groups in total. The van der Waals surface area contributed by atoms with E-state index in [1.165, 1.54) is 0 Å². The minimum absolute atomic E-state index is 0.230. The highest BCUT2D eigenvalue weighted by molar-refractivity contribution is 7.21. The van der Waals surface area contributed by atoms with Crippen LogP contribution in [0.3, 0.4) is 0 Å². The van der Waals surface area contributed by atoms with Crippen LogP contribution in [0.2, 0.25) is 0 Å². The van der Waals surface area contributed by atoms with Crippen LogP contribution in [0.1, 0.15) is 40.3 Å². The normalized spacial score (nSPS) is 11.7. The van der Waals surface area contributed by atoms with Gasteiger partial charge in [-0.15, -0.1) is 11.3 Å². The molecule has 0 saturated carbocycles. The summed E-state index contributed by atoms with van der Waals surface area (Å²) in [5.74, 6) is -0.687. The third kappa shape index (κ3) is 4.10. The molecule has 0 aliphatic heterocycles. The lowest BCUT2D eigenvalue weighted by atomic mass is 10.2. The number of alkyl halides is 4. The minimum atomic E-state index is -3.07. The average molecular weight is 485 g/mol. The summed E-state index contributed by atoms with van der Waals surface area (Å²) in [6, 6.07) is 14.7. The number of amides is 1. The van der Waals surface area contributed by atoms with E-state index < -0.39 is 30.1 Å². The molecule has 2 aromatic carbocycles. The highest BCUT2D eigenvalue weighted by Gasteiger charge is 2.22. The quantitative estimate of drug-likeness (QED) is 0.291. The third-order valence-electron chi connectivity index (χ3n) is 5.09. The van der Waals surface area contributed by atoms with Crippen molar-refractivity contribution in [1.82, 2.24) is 19.6 Å². The Hall–Kier alpha value is -3.86. The molecule has 172 valence electrons. The molecule has 0 aliphatic carbocycles. The standard InChI is InChI=1S/C23H15F4N5OS/c1-11-2-7-14-18(8-11)34-23(30-14)12-3-5-13(6-4-12)28-22(33)16-10-19-29-15(20(24)25)9-17(21(26)27)32(19)31-16/h2-10,20-21H,1H3,(H,28,33). The first-order valence-corrected chi connectivity index (χ1v) is 10.9. The molecule has 3 heterocycles. The number of fused-ring (bicyclic) bond motifs is 2. The fourth-order valence-corrected chi connectivity index (χ4v) is 4.51. The summed E-state index contributed by atoms with van der Waals surface area (Å²) in [5.41, 5.74) is 1.29. The summed E-state index contributed by atoms with van der Waals surface area (Å²) in [7, 11) is 0. The highest BCUT2D eigenvalue weighted by atomic mass is 32.1. The molecule has 5 rings (SSSR count). The van der Waals surface area contributed by atoms with E-state index in [2.05, 4.69) is 26.4 Å². The first-order chi connectivity index (χ1) is 16.3. The number of carbonyl (C=O) groups excluding carboxylic acids is 1. The summed E-state index contributed by atoms with van der Waals surface area (Å²) in [5, 5.41) is 7.29. The maximum absolute atomic E-state index is 13.3. The number of hydrogen-bond donors (Lipinski definition) is 1. The molecule has 6 nitrogen and oxygen atoms in total. The van der Waals surface area contributed by atoms with E-state index in [1.807, 2.05) is 19.1 Å². The molecule has 1 amide bonds. The lowest BCUT2D eigenvalue weighted by molar-refractivity contribution is 0.102. The summed E-state index contributed by atoms with van der Waals surface area (Å²) in [4.78, 5) is 20.9. The molecule has 3 aromatic heterocycles. The Balaban J connectivity index is 1.39. The number of halogens is 4. The van der Waals surface area contributed by atoms with Gasteiger partial charge in [0.25, 0.3) is 18.8 Å². The topological polar surface area (TPSA) is 72.2 Å². The first kappa shape index (κ1) is 22.0. The Labute approximate surface area is 193 Å². The van der Waals surface area contributed by atoms with Crippen molar-refractivity contribution in [2.24, 2.45) is 0 Å². The number of carbonyl (C=O) groups is 1. The molecule has 0 aliphatic rings. The second kappa shape index (κ2) is 8.49. The fourth-order valence-electron chi connectivity index (χ4n) is 3.44. The number of anilines is 1. The zero-order valence-electron chi connectivity index (χ0n) is 17.5. The van der Waals surface area contributed by atoms with E-state index in [0.717, 1.165) is 32.4 Å². The Morgan fingerprint density at radius 2 is 1.74 bits per heavy atom. The summed E-state index contributed by atoms with van der Waals surface area (Å²) in [6.45, 7) is 2.02. The zero-order valence-corrected chi connectivity index (χ0v) is 18.3. The maximum Gasteiger partial charge on any atom is 0.280 e. The third-order valence-corrected chi connectivity index (χ3v) is 6.16. The van der Waals surface area contributed by atoms with Gasteiger partial charge in [0.2, 0.25) is 0 Å². The van der Waals surface area contributed by atoms with Gasteiger partial charge in [-0.1, -0.05) is 6.07 Å². The molecular weight excluding hydrogens is 470 g/mol. The van der Waals surface area contributed by atoms with Crippen LogP contribution >= 0.6 is 11.3 Å². The number of hydrogen-bond acceptors (Lipinski definition) is 5. The van der Waals surface area contributed by atoms with Crippen LogP contribution in [-0.4, -0.2) is 25.5 Å². The number of aryl methyl sites for hydroxylation is 1. The highest BCUT2D eigenvalue weighted by Crippen LogP contribution is 2.31. The smallest absolute Gasteiger partial charge is 0.280 e. The van der Waals surface area contributed by atoms with E-state index in [-0.39, 0.29) is 11.3 Å². The van der Waals surface area contributed by atoms with Gasteiger partial charge in [0, 0.05) is 17.3 Å². The number of aromatic nitrogens is 4. The van der Waals surface area contributed by atoms with Gasteiger partial charge < -0.3 is 5.32 Å². The van der Waals surface area contributed by atoms with E-state index in [0.29, 0.717) is 16.3 Å². The summed E-state index contributed by atoms with van der Waals surface area (Å²) in [6.07, 6.45) is -6.11. The number of nitrogens with zero attached hydrogens (tertiary/aromatic N) is 4. The van der Waals surface area contributed by atoms with Crippen LogP contribution in [0.5, 0.6) is 0 Å². The van der Waals surface area contributed by atoms with Crippen LogP contribution in [-0.2, 0) is 0 Å². The van der Waals surface area contributed by atoms with Gasteiger partial charge >= 0.3 is 0 Å². The SMILES string of the molecule is Cc1ccc2nc(-c3ccc(NC(=O)c4cc5nc(C(F)F)cc(C(F)F)n5n4)cc3)sc2c1. The van der Waals surface area contributed by atoms with Crippen molar-refractivity contribution in [2.45, 2.75) is 19.8 Å². The van der Waals surface area contributed by atoms with E-state index in [9.17, 15) is 22.4 Å². The van der Waals surface area contributed by atoms with Gasteiger partial charge in [0.05, 0.1) is 10.2 Å². The van der Waals surface area contributed by atoms with Crippen molar-refractivity contribution >= 4 is 38.8 Å². The van der Waals surface area contributed by atoms with Crippen molar-refractivity contribution in [2.75, 3.05) is 5.32 Å². The molecule has 0 fully saturated rings. The van der Waals surface area contributed by atoms with Gasteiger partial charge in [-0.2, -0.15) is 5.10 Å². The molecule has 0 atom stereocenters. The van der Waals surface area contributed by atoms with Gasteiger partial charge in [-0.25, -0.2) is 32.0 Å². The molecule has 0 saturated heterocycles. The number of rotatable bonds is 5. The van der Waals surface area contributed by atoms with E-state index >= 15 is 0 Å². The minimum Gasteiger partial charge on any atom is -0.321 e. The zero-order chi connectivity index (χ0) is 24.0. The number of nitrogens with one attached hydrogen (secondary N) is 1.